The van der Waals surface area contributed by atoms with Crippen LogP contribution >= 0.6 is 0 Å². The van der Waals surface area contributed by atoms with E-state index in [0.29, 0.717) is 5.56 Å². The van der Waals surface area contributed by atoms with Crippen molar-refractivity contribution in [2.45, 2.75) is 58.0 Å². The molecule has 0 aromatic heterocycles. The van der Waals surface area contributed by atoms with E-state index in [4.69, 9.17) is 23.7 Å². The first-order valence-corrected chi connectivity index (χ1v) is 10.1. The second-order valence-electron chi connectivity index (χ2n) is 8.03. The average Bonchev–Trinajstić information content (AvgIpc) is 3.15. The fourth-order valence-electron chi connectivity index (χ4n) is 4.87. The molecule has 1 aromatic carbocycles. The molecule has 32 heavy (non-hydrogen) atoms. The monoisotopic (exact) mass is 449 g/mol. The van der Waals surface area contributed by atoms with Crippen LogP contribution in [0.1, 0.15) is 49.5 Å². The van der Waals surface area contributed by atoms with E-state index in [-0.39, 0.29) is 29.6 Å². The number of aromatic hydroxyl groups is 1. The number of amides is 1. The van der Waals surface area contributed by atoms with Crippen molar-refractivity contribution >= 4 is 23.8 Å². The smallest absolute Gasteiger partial charge is 0.303 e. The van der Waals surface area contributed by atoms with Gasteiger partial charge < -0.3 is 34.1 Å². The van der Waals surface area contributed by atoms with E-state index >= 15 is 0 Å². The van der Waals surface area contributed by atoms with Crippen LogP contribution in [0.25, 0.3) is 0 Å². The van der Waals surface area contributed by atoms with Crippen LogP contribution in [-0.2, 0) is 28.6 Å². The zero-order valence-electron chi connectivity index (χ0n) is 17.9. The lowest BCUT2D eigenvalue weighted by Crippen LogP contribution is -2.66. The Morgan fingerprint density at radius 3 is 2.22 bits per heavy atom. The summed E-state index contributed by atoms with van der Waals surface area (Å²) in [6.45, 7) is 5.22. The number of hydrogen-bond acceptors (Lipinski definition) is 10. The molecule has 3 aliphatic rings. The first kappa shape index (κ1) is 21.7. The molecule has 1 aliphatic carbocycles. The van der Waals surface area contributed by atoms with Gasteiger partial charge in [0.2, 0.25) is 12.5 Å². The van der Waals surface area contributed by atoms with E-state index in [1.54, 1.807) is 13.0 Å². The molecule has 0 radical (unpaired) electrons. The summed E-state index contributed by atoms with van der Waals surface area (Å²) >= 11 is 0. The predicted molar refractivity (Wildman–Crippen MR) is 104 cm³/mol. The van der Waals surface area contributed by atoms with E-state index in [0.717, 1.165) is 0 Å². The summed E-state index contributed by atoms with van der Waals surface area (Å²) in [5, 5.41) is 13.5. The lowest BCUT2D eigenvalue weighted by atomic mass is 9.66. The lowest BCUT2D eigenvalue weighted by Gasteiger charge is -2.50. The fourth-order valence-corrected chi connectivity index (χ4v) is 4.87. The van der Waals surface area contributed by atoms with Gasteiger partial charge in [0.1, 0.15) is 6.10 Å². The van der Waals surface area contributed by atoms with Crippen LogP contribution in [0.5, 0.6) is 17.2 Å². The fraction of sp³-hybridized carbons (Fsp3) is 0.524. The quantitative estimate of drug-likeness (QED) is 0.501. The first-order valence-electron chi connectivity index (χ1n) is 10.1. The number of phenolic OH excluding ortho intramolecular Hbond substituents is 1. The number of ether oxygens (including phenoxy) is 5. The second kappa shape index (κ2) is 7.88. The number of carbonyl (C=O) groups excluding carboxylic acids is 4. The van der Waals surface area contributed by atoms with Crippen LogP contribution in [0.2, 0.25) is 0 Å². The first-order chi connectivity index (χ1) is 15.1. The molecule has 2 N–H and O–H groups in total. The summed E-state index contributed by atoms with van der Waals surface area (Å²) in [5.41, 5.74) is 0.417. The average molecular weight is 449 g/mol. The van der Waals surface area contributed by atoms with E-state index in [2.05, 4.69) is 5.32 Å². The largest absolute Gasteiger partial charge is 0.504 e. The van der Waals surface area contributed by atoms with Gasteiger partial charge >= 0.3 is 17.9 Å². The van der Waals surface area contributed by atoms with Crippen molar-refractivity contribution < 1.29 is 48.0 Å². The number of fused-ring (bicyclic) bond motifs is 4. The van der Waals surface area contributed by atoms with E-state index < -0.39 is 60.0 Å². The highest BCUT2D eigenvalue weighted by Gasteiger charge is 2.57. The van der Waals surface area contributed by atoms with Crippen molar-refractivity contribution in [1.82, 2.24) is 5.32 Å². The zero-order chi connectivity index (χ0) is 23.3. The summed E-state index contributed by atoms with van der Waals surface area (Å²) in [6, 6.07) is 0.761. The van der Waals surface area contributed by atoms with Crippen LogP contribution in [0.4, 0.5) is 0 Å². The molecule has 1 saturated carbocycles. The molecule has 172 valence electrons. The Balaban J connectivity index is 1.88. The molecular weight excluding hydrogens is 426 g/mol. The summed E-state index contributed by atoms with van der Waals surface area (Å²) in [7, 11) is 0. The van der Waals surface area contributed by atoms with Gasteiger partial charge in [-0.2, -0.15) is 0 Å². The highest BCUT2D eigenvalue weighted by molar-refractivity contribution is 6.01. The van der Waals surface area contributed by atoms with Gasteiger partial charge in [-0.3, -0.25) is 19.2 Å². The third kappa shape index (κ3) is 3.47. The van der Waals surface area contributed by atoms with E-state index in [1.165, 1.54) is 20.8 Å². The number of esters is 3. The third-order valence-corrected chi connectivity index (χ3v) is 5.93. The van der Waals surface area contributed by atoms with Gasteiger partial charge in [-0.1, -0.05) is 6.92 Å². The highest BCUT2D eigenvalue weighted by atomic mass is 16.7. The van der Waals surface area contributed by atoms with Gasteiger partial charge in [-0.15, -0.1) is 0 Å². The number of phenols is 1. The maximum absolute atomic E-state index is 13.0. The summed E-state index contributed by atoms with van der Waals surface area (Å²) in [5.74, 6) is -3.71. The molecule has 2 aliphatic heterocycles. The van der Waals surface area contributed by atoms with Crippen LogP contribution in [0.3, 0.4) is 0 Å². The summed E-state index contributed by atoms with van der Waals surface area (Å²) < 4.78 is 27.1. The summed E-state index contributed by atoms with van der Waals surface area (Å²) in [6.07, 6.45) is -3.29. The van der Waals surface area contributed by atoms with Crippen molar-refractivity contribution in [3.05, 3.63) is 17.2 Å². The SMILES string of the molecule is CC(=O)O[C@@H]1[C@@H](OC(C)=O)[C@H](C)[C@@H]2c3cc4c(c(O)c3C(=O)N[C@H]2[C@@H]1OC(C)=O)OCO4. The molecule has 2 heterocycles. The van der Waals surface area contributed by atoms with Crippen LogP contribution < -0.4 is 14.8 Å². The van der Waals surface area contributed by atoms with Crippen molar-refractivity contribution in [3.8, 4) is 17.2 Å². The van der Waals surface area contributed by atoms with E-state index in [1.807, 2.05) is 0 Å². The molecule has 1 amide bonds. The predicted octanol–water partition coefficient (Wildman–Crippen LogP) is 0.761. The number of benzene rings is 1. The lowest BCUT2D eigenvalue weighted by molar-refractivity contribution is -0.201. The molecule has 11 heteroatoms. The van der Waals surface area contributed by atoms with Crippen LogP contribution in [0.15, 0.2) is 6.07 Å². The standard InChI is InChI=1S/C21H23NO10/c1-7-13-11-5-12-18(29-6-28-12)16(26)14(11)21(27)22-15(13)19(31-9(3)24)20(32-10(4)25)17(7)30-8(2)23/h5,7,13,15,17,19-20,26H,6H2,1-4H3,(H,22,27)/t7-,13-,15-,17+,19+,20-/m1/s1. The highest BCUT2D eigenvalue weighted by Crippen LogP contribution is 2.52. The number of nitrogens with one attached hydrogen (secondary N) is 1. The molecular formula is C21H23NO10. The minimum Gasteiger partial charge on any atom is -0.504 e. The molecule has 0 unspecified atom stereocenters. The molecule has 0 spiro atoms. The van der Waals surface area contributed by atoms with Crippen molar-refractivity contribution in [2.24, 2.45) is 5.92 Å². The van der Waals surface area contributed by atoms with Crippen molar-refractivity contribution in [2.75, 3.05) is 6.79 Å². The molecule has 0 bridgehead atoms. The van der Waals surface area contributed by atoms with Gasteiger partial charge in [0.15, 0.2) is 23.7 Å². The van der Waals surface area contributed by atoms with Crippen LogP contribution in [-0.4, -0.2) is 60.1 Å². The van der Waals surface area contributed by atoms with Gasteiger partial charge in [0.05, 0.1) is 11.6 Å². The number of rotatable bonds is 3. The van der Waals surface area contributed by atoms with Gasteiger partial charge in [-0.05, 0) is 11.6 Å². The topological polar surface area (TPSA) is 147 Å². The molecule has 11 nitrogen and oxygen atoms in total. The minimum atomic E-state index is -1.15. The Labute approximate surface area is 182 Å². The third-order valence-electron chi connectivity index (χ3n) is 5.93. The molecule has 1 aromatic rings. The Bertz CT molecular complexity index is 1000. The summed E-state index contributed by atoms with van der Waals surface area (Å²) in [4.78, 5) is 48.6. The Hall–Kier alpha value is -3.50. The minimum absolute atomic E-state index is 0.00330. The van der Waals surface area contributed by atoms with E-state index in [9.17, 15) is 24.3 Å². The maximum Gasteiger partial charge on any atom is 0.303 e. The zero-order valence-corrected chi connectivity index (χ0v) is 17.9. The van der Waals surface area contributed by atoms with Gasteiger partial charge in [0.25, 0.3) is 5.91 Å². The normalized spacial score (nSPS) is 29.8. The van der Waals surface area contributed by atoms with Crippen LogP contribution in [0, 0.1) is 5.92 Å². The molecule has 6 atom stereocenters. The Kier molecular flexibility index (Phi) is 5.35. The molecule has 1 fully saturated rings. The molecule has 0 saturated heterocycles. The number of hydrogen-bond donors (Lipinski definition) is 2. The maximum atomic E-state index is 13.0. The number of carbonyl (C=O) groups is 4. The molecule has 4 rings (SSSR count). The Morgan fingerprint density at radius 2 is 1.59 bits per heavy atom. The van der Waals surface area contributed by atoms with Gasteiger partial charge in [-0.25, -0.2) is 0 Å². The second-order valence-corrected chi connectivity index (χ2v) is 8.03. The Morgan fingerprint density at radius 1 is 1.00 bits per heavy atom. The van der Waals surface area contributed by atoms with Crippen molar-refractivity contribution in [3.63, 3.8) is 0 Å². The van der Waals surface area contributed by atoms with Crippen molar-refractivity contribution in [1.29, 1.82) is 0 Å². The van der Waals surface area contributed by atoms with Gasteiger partial charge in [0, 0.05) is 32.6 Å².